The van der Waals surface area contributed by atoms with Gasteiger partial charge in [-0.1, -0.05) is 75.6 Å². The maximum atomic E-state index is 13.8. The summed E-state index contributed by atoms with van der Waals surface area (Å²) >= 11 is 0. The third-order valence-corrected chi connectivity index (χ3v) is 8.27. The minimum atomic E-state index is -3.72. The first-order chi connectivity index (χ1) is 17.7. The van der Waals surface area contributed by atoms with E-state index in [0.29, 0.717) is 25.1 Å². The van der Waals surface area contributed by atoms with E-state index >= 15 is 0 Å². The van der Waals surface area contributed by atoms with Gasteiger partial charge in [0.15, 0.2) is 0 Å². The molecule has 3 rings (SSSR count). The lowest BCUT2D eigenvalue weighted by Gasteiger charge is -2.34. The van der Waals surface area contributed by atoms with Crippen LogP contribution in [0.25, 0.3) is 0 Å². The number of hydrogen-bond acceptors (Lipinski definition) is 4. The largest absolute Gasteiger partial charge is 0.352 e. The number of carbonyl (C=O) groups is 2. The molecule has 2 aromatic rings. The zero-order valence-electron chi connectivity index (χ0n) is 22.4. The third-order valence-electron chi connectivity index (χ3n) is 7.13. The third kappa shape index (κ3) is 8.32. The van der Waals surface area contributed by atoms with E-state index in [9.17, 15) is 18.0 Å². The molecule has 202 valence electrons. The predicted molar refractivity (Wildman–Crippen MR) is 149 cm³/mol. The van der Waals surface area contributed by atoms with Crippen molar-refractivity contribution >= 4 is 27.5 Å². The minimum Gasteiger partial charge on any atom is -0.352 e. The average molecular weight is 528 g/mol. The first kappa shape index (κ1) is 28.7. The van der Waals surface area contributed by atoms with Gasteiger partial charge in [-0.2, -0.15) is 0 Å². The molecule has 0 radical (unpaired) electrons. The van der Waals surface area contributed by atoms with Gasteiger partial charge in [0.1, 0.15) is 12.6 Å². The molecule has 0 aromatic heterocycles. The molecule has 0 bridgehead atoms. The molecule has 2 amide bonds. The van der Waals surface area contributed by atoms with Crippen molar-refractivity contribution in [2.75, 3.05) is 23.7 Å². The lowest BCUT2D eigenvalue weighted by atomic mass is 9.95. The summed E-state index contributed by atoms with van der Waals surface area (Å²) in [4.78, 5) is 28.7. The van der Waals surface area contributed by atoms with Crippen molar-refractivity contribution in [3.05, 3.63) is 65.7 Å². The minimum absolute atomic E-state index is 0.131. The van der Waals surface area contributed by atoms with Crippen LogP contribution in [0.4, 0.5) is 5.69 Å². The highest BCUT2D eigenvalue weighted by Gasteiger charge is 2.32. The standard InChI is InChI=1S/C29H41N3O4S/c1-4-23-16-18-26(19-17-23)32(37(3,35)36)22-28(33)31(21-20-24-12-8-6-9-13-24)27(5-2)29(34)30-25-14-10-7-11-15-25/h6,8-9,12-13,16-19,25,27H,4-5,7,10-11,14-15,20-22H2,1-3H3,(H,30,34). The zero-order valence-corrected chi connectivity index (χ0v) is 23.2. The SMILES string of the molecule is CCc1ccc(N(CC(=O)N(CCc2ccccc2)C(CC)C(=O)NC2CCCCC2)S(C)(=O)=O)cc1. The van der Waals surface area contributed by atoms with Gasteiger partial charge < -0.3 is 10.2 Å². The molecule has 1 aliphatic carbocycles. The number of amides is 2. The second-order valence-electron chi connectivity index (χ2n) is 9.88. The Morgan fingerprint density at radius 3 is 2.16 bits per heavy atom. The predicted octanol–water partition coefficient (Wildman–Crippen LogP) is 4.31. The van der Waals surface area contributed by atoms with E-state index in [4.69, 9.17) is 0 Å². The van der Waals surface area contributed by atoms with E-state index in [1.165, 1.54) is 6.42 Å². The van der Waals surface area contributed by atoms with Crippen LogP contribution in [0.1, 0.15) is 63.5 Å². The van der Waals surface area contributed by atoms with Crippen LogP contribution in [0.5, 0.6) is 0 Å². The molecule has 2 aromatic carbocycles. The topological polar surface area (TPSA) is 86.8 Å². The van der Waals surface area contributed by atoms with Gasteiger partial charge in [0.2, 0.25) is 21.8 Å². The van der Waals surface area contributed by atoms with Gasteiger partial charge in [-0.15, -0.1) is 0 Å². The smallest absolute Gasteiger partial charge is 0.244 e. The molecule has 1 fully saturated rings. The van der Waals surface area contributed by atoms with Crippen LogP contribution in [0.15, 0.2) is 54.6 Å². The van der Waals surface area contributed by atoms with Gasteiger partial charge in [0.25, 0.3) is 0 Å². The van der Waals surface area contributed by atoms with Crippen molar-refractivity contribution in [1.29, 1.82) is 0 Å². The maximum Gasteiger partial charge on any atom is 0.244 e. The molecule has 37 heavy (non-hydrogen) atoms. The summed E-state index contributed by atoms with van der Waals surface area (Å²) in [7, 11) is -3.72. The van der Waals surface area contributed by atoms with Crippen molar-refractivity contribution in [3.8, 4) is 0 Å². The fourth-order valence-electron chi connectivity index (χ4n) is 4.95. The number of nitrogens with one attached hydrogen (secondary N) is 1. The monoisotopic (exact) mass is 527 g/mol. The van der Waals surface area contributed by atoms with Crippen LogP contribution < -0.4 is 9.62 Å². The fraction of sp³-hybridized carbons (Fsp3) is 0.517. The first-order valence-corrected chi connectivity index (χ1v) is 15.3. The van der Waals surface area contributed by atoms with Gasteiger partial charge >= 0.3 is 0 Å². The number of sulfonamides is 1. The highest BCUT2D eigenvalue weighted by Crippen LogP contribution is 2.21. The molecule has 0 saturated heterocycles. The van der Waals surface area contributed by atoms with E-state index in [0.717, 1.165) is 53.8 Å². The summed E-state index contributed by atoms with van der Waals surface area (Å²) in [5.41, 5.74) is 2.58. The van der Waals surface area contributed by atoms with Crippen LogP contribution in [-0.2, 0) is 32.5 Å². The Balaban J connectivity index is 1.85. The van der Waals surface area contributed by atoms with Crippen LogP contribution in [0.3, 0.4) is 0 Å². The van der Waals surface area contributed by atoms with Crippen LogP contribution in [0.2, 0.25) is 0 Å². The fourth-order valence-corrected chi connectivity index (χ4v) is 5.80. The number of anilines is 1. The molecule has 0 spiro atoms. The molecule has 1 N–H and O–H groups in total. The Labute approximate surface area is 222 Å². The summed E-state index contributed by atoms with van der Waals surface area (Å²) in [6.07, 6.45) is 8.25. The molecule has 1 unspecified atom stereocenters. The van der Waals surface area contributed by atoms with Crippen LogP contribution in [0, 0.1) is 0 Å². The van der Waals surface area contributed by atoms with Crippen LogP contribution >= 0.6 is 0 Å². The Bertz CT molecular complexity index is 1110. The summed E-state index contributed by atoms with van der Waals surface area (Å²) in [5.74, 6) is -0.541. The quantitative estimate of drug-likeness (QED) is 0.446. The Kier molecular flexibility index (Phi) is 10.6. The molecule has 0 heterocycles. The van der Waals surface area contributed by atoms with E-state index in [1.807, 2.05) is 56.3 Å². The first-order valence-electron chi connectivity index (χ1n) is 13.4. The molecule has 8 heteroatoms. The maximum absolute atomic E-state index is 13.8. The highest BCUT2D eigenvalue weighted by atomic mass is 32.2. The van der Waals surface area contributed by atoms with Gasteiger partial charge in [0.05, 0.1) is 11.9 Å². The molecule has 7 nitrogen and oxygen atoms in total. The van der Waals surface area contributed by atoms with Gasteiger partial charge in [0, 0.05) is 12.6 Å². The van der Waals surface area contributed by atoms with Gasteiger partial charge in [-0.25, -0.2) is 8.42 Å². The Hall–Kier alpha value is -2.87. The summed E-state index contributed by atoms with van der Waals surface area (Å²) in [5, 5.41) is 3.17. The highest BCUT2D eigenvalue weighted by molar-refractivity contribution is 7.92. The van der Waals surface area contributed by atoms with E-state index < -0.39 is 16.1 Å². The van der Waals surface area contributed by atoms with E-state index in [2.05, 4.69) is 5.32 Å². The lowest BCUT2D eigenvalue weighted by molar-refractivity contribution is -0.140. The average Bonchev–Trinajstić information content (AvgIpc) is 2.90. The lowest BCUT2D eigenvalue weighted by Crippen LogP contribution is -2.54. The summed E-state index contributed by atoms with van der Waals surface area (Å²) in [6.45, 7) is 3.89. The zero-order chi connectivity index (χ0) is 26.8. The van der Waals surface area contributed by atoms with Crippen molar-refractivity contribution in [2.45, 2.75) is 77.3 Å². The second kappa shape index (κ2) is 13.6. The Morgan fingerprint density at radius 1 is 0.946 bits per heavy atom. The Morgan fingerprint density at radius 2 is 1.59 bits per heavy atom. The van der Waals surface area contributed by atoms with Crippen LogP contribution in [-0.4, -0.2) is 56.6 Å². The van der Waals surface area contributed by atoms with Crippen molar-refractivity contribution < 1.29 is 18.0 Å². The number of nitrogens with zero attached hydrogens (tertiary/aromatic N) is 2. The second-order valence-corrected chi connectivity index (χ2v) is 11.8. The number of carbonyl (C=O) groups excluding carboxylic acids is 2. The molecule has 1 aliphatic rings. The normalized spacial score (nSPS) is 15.1. The summed E-state index contributed by atoms with van der Waals surface area (Å²) in [6, 6.07) is 16.5. The molecular weight excluding hydrogens is 486 g/mol. The molecular formula is C29H41N3O4S. The molecule has 1 atom stereocenters. The van der Waals surface area contributed by atoms with Gasteiger partial charge in [-0.05, 0) is 55.4 Å². The molecule has 1 saturated carbocycles. The van der Waals surface area contributed by atoms with E-state index in [1.54, 1.807) is 17.0 Å². The number of hydrogen-bond donors (Lipinski definition) is 1. The van der Waals surface area contributed by atoms with Crippen molar-refractivity contribution in [2.24, 2.45) is 0 Å². The number of benzene rings is 2. The van der Waals surface area contributed by atoms with Gasteiger partial charge in [-0.3, -0.25) is 13.9 Å². The summed E-state index contributed by atoms with van der Waals surface area (Å²) < 4.78 is 26.6. The van der Waals surface area contributed by atoms with Crippen molar-refractivity contribution in [1.82, 2.24) is 10.2 Å². The van der Waals surface area contributed by atoms with E-state index in [-0.39, 0.29) is 24.4 Å². The number of rotatable bonds is 12. The molecule has 0 aliphatic heterocycles. The van der Waals surface area contributed by atoms with Crippen molar-refractivity contribution in [3.63, 3.8) is 0 Å². The number of aryl methyl sites for hydroxylation is 1.